The first-order valence-corrected chi connectivity index (χ1v) is 4.39. The van der Waals surface area contributed by atoms with Gasteiger partial charge in [0.05, 0.1) is 12.2 Å². The molecule has 0 heterocycles. The molecule has 0 saturated carbocycles. The molecule has 0 aliphatic carbocycles. The largest absolute Gasteiger partial charge is 0.491 e. The van der Waals surface area contributed by atoms with Gasteiger partial charge in [0.25, 0.3) is 0 Å². The minimum Gasteiger partial charge on any atom is -0.491 e. The summed E-state index contributed by atoms with van der Waals surface area (Å²) in [5.74, 6) is -0.594. The monoisotopic (exact) mass is 211 g/mol. The number of aromatic carboxylic acids is 1. The number of hydrogen-bond acceptors (Lipinski definition) is 4. The molecular formula is C10H13NO4. The van der Waals surface area contributed by atoms with Crippen LogP contribution in [0.2, 0.25) is 0 Å². The van der Waals surface area contributed by atoms with E-state index in [1.54, 1.807) is 13.2 Å². The van der Waals surface area contributed by atoms with Gasteiger partial charge in [-0.15, -0.1) is 0 Å². The van der Waals surface area contributed by atoms with Crippen molar-refractivity contribution in [2.75, 3.05) is 26.1 Å². The van der Waals surface area contributed by atoms with Crippen molar-refractivity contribution >= 4 is 11.7 Å². The first-order chi connectivity index (χ1) is 7.15. The van der Waals surface area contributed by atoms with Crippen LogP contribution in [0.1, 0.15) is 10.4 Å². The Morgan fingerprint density at radius 1 is 1.47 bits per heavy atom. The molecule has 0 amide bonds. The van der Waals surface area contributed by atoms with Gasteiger partial charge in [-0.1, -0.05) is 0 Å². The smallest absolute Gasteiger partial charge is 0.337 e. The maximum atomic E-state index is 10.7. The lowest BCUT2D eigenvalue weighted by Crippen LogP contribution is -2.06. The summed E-state index contributed by atoms with van der Waals surface area (Å²) >= 11 is 0. The zero-order valence-electron chi connectivity index (χ0n) is 8.40. The van der Waals surface area contributed by atoms with Crippen molar-refractivity contribution in [2.24, 2.45) is 0 Å². The second-order valence-corrected chi connectivity index (χ2v) is 2.90. The molecule has 0 saturated heterocycles. The van der Waals surface area contributed by atoms with E-state index in [1.165, 1.54) is 12.1 Å². The van der Waals surface area contributed by atoms with Gasteiger partial charge in [0, 0.05) is 12.8 Å². The topological polar surface area (TPSA) is 81.8 Å². The van der Waals surface area contributed by atoms with Gasteiger partial charge in [-0.2, -0.15) is 0 Å². The lowest BCUT2D eigenvalue weighted by molar-refractivity contribution is 0.0697. The summed E-state index contributed by atoms with van der Waals surface area (Å²) in [6.45, 7) is 0.826. The molecular weight excluding hydrogens is 198 g/mol. The third-order valence-corrected chi connectivity index (χ3v) is 1.81. The van der Waals surface area contributed by atoms with Crippen molar-refractivity contribution in [1.82, 2.24) is 0 Å². The normalized spacial score (nSPS) is 9.93. The molecule has 0 aromatic heterocycles. The van der Waals surface area contributed by atoms with Crippen LogP contribution in [0.4, 0.5) is 5.69 Å². The highest BCUT2D eigenvalue weighted by atomic mass is 16.5. The Hall–Kier alpha value is -1.75. The summed E-state index contributed by atoms with van der Waals surface area (Å²) in [4.78, 5) is 10.7. The van der Waals surface area contributed by atoms with Gasteiger partial charge in [0.1, 0.15) is 12.4 Å². The Morgan fingerprint density at radius 3 is 2.80 bits per heavy atom. The Balaban J connectivity index is 2.74. The van der Waals surface area contributed by atoms with Gasteiger partial charge in [-0.05, 0) is 18.2 Å². The molecule has 3 N–H and O–H groups in total. The van der Waals surface area contributed by atoms with Crippen LogP contribution in [0, 0.1) is 0 Å². The van der Waals surface area contributed by atoms with E-state index in [2.05, 4.69) is 0 Å². The molecule has 1 rings (SSSR count). The van der Waals surface area contributed by atoms with E-state index in [9.17, 15) is 4.79 Å². The fourth-order valence-electron chi connectivity index (χ4n) is 1.05. The molecule has 0 aliphatic heterocycles. The van der Waals surface area contributed by atoms with Crippen molar-refractivity contribution in [1.29, 1.82) is 0 Å². The van der Waals surface area contributed by atoms with Crippen LogP contribution in [0.5, 0.6) is 5.75 Å². The predicted octanol–water partition coefficient (Wildman–Crippen LogP) is 0.992. The molecule has 1 aromatic carbocycles. The molecule has 5 nitrogen and oxygen atoms in total. The van der Waals surface area contributed by atoms with Crippen LogP contribution in [-0.4, -0.2) is 31.4 Å². The summed E-state index contributed by atoms with van der Waals surface area (Å²) < 4.78 is 10.0. The molecule has 82 valence electrons. The van der Waals surface area contributed by atoms with E-state index in [4.69, 9.17) is 20.3 Å². The maximum absolute atomic E-state index is 10.7. The number of benzene rings is 1. The number of methoxy groups -OCH3 is 1. The van der Waals surface area contributed by atoms with Crippen LogP contribution < -0.4 is 10.5 Å². The number of nitrogens with two attached hydrogens (primary N) is 1. The number of anilines is 1. The molecule has 0 bridgehead atoms. The average Bonchev–Trinajstić information content (AvgIpc) is 2.20. The Kier molecular flexibility index (Phi) is 3.93. The van der Waals surface area contributed by atoms with Gasteiger partial charge in [0.2, 0.25) is 0 Å². The number of carboxylic acids is 1. The van der Waals surface area contributed by atoms with Crippen molar-refractivity contribution in [3.63, 3.8) is 0 Å². The van der Waals surface area contributed by atoms with E-state index >= 15 is 0 Å². The first kappa shape index (κ1) is 11.3. The molecule has 0 fully saturated rings. The second-order valence-electron chi connectivity index (χ2n) is 2.90. The van der Waals surface area contributed by atoms with Crippen molar-refractivity contribution < 1.29 is 19.4 Å². The zero-order chi connectivity index (χ0) is 11.3. The number of carboxylic acid groups (broad SMARTS) is 1. The minimum atomic E-state index is -1.07. The first-order valence-electron chi connectivity index (χ1n) is 4.39. The fraction of sp³-hybridized carbons (Fsp3) is 0.300. The molecule has 0 aliphatic rings. The third kappa shape index (κ3) is 3.14. The van der Waals surface area contributed by atoms with Gasteiger partial charge in [0.15, 0.2) is 0 Å². The number of carbonyl (C=O) groups is 1. The minimum absolute atomic E-state index is 0.0462. The molecule has 5 heteroatoms. The average molecular weight is 211 g/mol. The van der Waals surface area contributed by atoms with Crippen LogP contribution in [0.15, 0.2) is 18.2 Å². The molecule has 0 atom stereocenters. The number of rotatable bonds is 5. The Labute approximate surface area is 87.4 Å². The third-order valence-electron chi connectivity index (χ3n) is 1.81. The number of ether oxygens (including phenoxy) is 2. The number of hydrogen-bond donors (Lipinski definition) is 2. The summed E-state index contributed by atoms with van der Waals surface area (Å²) in [5.41, 5.74) is 5.75. The lowest BCUT2D eigenvalue weighted by atomic mass is 10.2. The standard InChI is InChI=1S/C10H13NO4/c1-14-4-5-15-7-2-3-9(11)8(6-7)10(12)13/h2-3,6H,4-5,11H2,1H3,(H,12,13). The summed E-state index contributed by atoms with van der Waals surface area (Å²) in [6.07, 6.45) is 0. The molecule has 0 unspecified atom stereocenters. The molecule has 0 radical (unpaired) electrons. The van der Waals surface area contributed by atoms with E-state index < -0.39 is 5.97 Å². The zero-order valence-corrected chi connectivity index (χ0v) is 8.40. The summed E-state index contributed by atoms with van der Waals surface area (Å²) in [6, 6.07) is 4.52. The van der Waals surface area contributed by atoms with Crippen molar-refractivity contribution in [3.05, 3.63) is 23.8 Å². The Bertz CT molecular complexity index is 351. The maximum Gasteiger partial charge on any atom is 0.337 e. The van der Waals surface area contributed by atoms with Crippen LogP contribution in [-0.2, 0) is 4.74 Å². The molecule has 15 heavy (non-hydrogen) atoms. The van der Waals surface area contributed by atoms with Gasteiger partial charge < -0.3 is 20.3 Å². The summed E-state index contributed by atoms with van der Waals surface area (Å²) in [7, 11) is 1.56. The van der Waals surface area contributed by atoms with Crippen LogP contribution >= 0.6 is 0 Å². The van der Waals surface area contributed by atoms with Crippen molar-refractivity contribution in [2.45, 2.75) is 0 Å². The quantitative estimate of drug-likeness (QED) is 0.560. The highest BCUT2D eigenvalue weighted by Crippen LogP contribution is 2.19. The number of nitrogen functional groups attached to an aromatic ring is 1. The highest BCUT2D eigenvalue weighted by molar-refractivity contribution is 5.94. The second kappa shape index (κ2) is 5.21. The van der Waals surface area contributed by atoms with Gasteiger partial charge in [-0.25, -0.2) is 4.79 Å². The van der Waals surface area contributed by atoms with Gasteiger partial charge >= 0.3 is 5.97 Å². The SMILES string of the molecule is COCCOc1ccc(N)c(C(=O)O)c1. The Morgan fingerprint density at radius 2 is 2.20 bits per heavy atom. The molecule has 1 aromatic rings. The summed E-state index contributed by atoms with van der Waals surface area (Å²) in [5, 5.41) is 8.80. The van der Waals surface area contributed by atoms with Crippen molar-refractivity contribution in [3.8, 4) is 5.75 Å². The lowest BCUT2D eigenvalue weighted by Gasteiger charge is -2.07. The molecule has 0 spiro atoms. The van der Waals surface area contributed by atoms with Crippen LogP contribution in [0.25, 0.3) is 0 Å². The highest BCUT2D eigenvalue weighted by Gasteiger charge is 2.08. The van der Waals surface area contributed by atoms with E-state index in [1.807, 2.05) is 0 Å². The van der Waals surface area contributed by atoms with E-state index in [0.717, 1.165) is 0 Å². The van der Waals surface area contributed by atoms with E-state index in [-0.39, 0.29) is 11.3 Å². The van der Waals surface area contributed by atoms with Crippen LogP contribution in [0.3, 0.4) is 0 Å². The van der Waals surface area contributed by atoms with E-state index in [0.29, 0.717) is 19.0 Å². The predicted molar refractivity (Wildman–Crippen MR) is 55.2 cm³/mol. The fourth-order valence-corrected chi connectivity index (χ4v) is 1.05. The van der Waals surface area contributed by atoms with Gasteiger partial charge in [-0.3, -0.25) is 0 Å².